The Labute approximate surface area is 175 Å². The Morgan fingerprint density at radius 2 is 1.60 bits per heavy atom. The predicted molar refractivity (Wildman–Crippen MR) is 118 cm³/mol. The first kappa shape index (κ1) is 18.6. The first-order valence-electron chi connectivity index (χ1n) is 10.1. The molecule has 0 radical (unpaired) electrons. The lowest BCUT2D eigenvalue weighted by atomic mass is 10.0. The molecule has 0 fully saturated rings. The van der Waals surface area contributed by atoms with Gasteiger partial charge in [-0.1, -0.05) is 48.5 Å². The number of benzene rings is 3. The van der Waals surface area contributed by atoms with Crippen LogP contribution >= 0.6 is 0 Å². The molecule has 0 unspecified atom stereocenters. The van der Waals surface area contributed by atoms with Crippen LogP contribution in [0.5, 0.6) is 5.75 Å². The Kier molecular flexibility index (Phi) is 4.83. The average Bonchev–Trinajstić information content (AvgIpc) is 3.34. The van der Waals surface area contributed by atoms with Crippen molar-refractivity contribution in [3.63, 3.8) is 0 Å². The van der Waals surface area contributed by atoms with E-state index in [4.69, 9.17) is 5.11 Å². The third-order valence-corrected chi connectivity index (χ3v) is 5.65. The molecular weight excluding hydrogens is 374 g/mol. The number of aliphatic hydroxyl groups excluding tert-OH is 1. The Balaban J connectivity index is 1.41. The summed E-state index contributed by atoms with van der Waals surface area (Å²) in [5, 5.41) is 29.5. The second kappa shape index (κ2) is 7.78. The standard InChI is InChI=1S/C25H23N3O2/c29-12-11-26-15-16-1-2-20-14-23-24(27-28-25(23)22(20)13-16)19-5-3-17(4-6-19)18-7-9-21(30)10-8-18/h1-10,13,26,29-30H,11-12,14-15H2,(H,27,28). The number of aliphatic hydroxyl groups is 1. The SMILES string of the molecule is OCCNCc1ccc2c(c1)-c1[nH]nc(-c3ccc(-c4ccc(O)cc4)cc3)c1C2. The highest BCUT2D eigenvalue weighted by Crippen LogP contribution is 2.40. The molecule has 3 aromatic carbocycles. The average molecular weight is 397 g/mol. The van der Waals surface area contributed by atoms with E-state index in [2.05, 4.69) is 58.0 Å². The molecule has 1 aromatic heterocycles. The highest BCUT2D eigenvalue weighted by atomic mass is 16.3. The van der Waals surface area contributed by atoms with E-state index in [1.807, 2.05) is 12.1 Å². The van der Waals surface area contributed by atoms with Crippen molar-refractivity contribution in [1.82, 2.24) is 15.5 Å². The number of phenols is 1. The van der Waals surface area contributed by atoms with Crippen molar-refractivity contribution < 1.29 is 10.2 Å². The zero-order chi connectivity index (χ0) is 20.5. The van der Waals surface area contributed by atoms with Gasteiger partial charge in [-0.3, -0.25) is 5.10 Å². The van der Waals surface area contributed by atoms with Crippen molar-refractivity contribution in [2.75, 3.05) is 13.2 Å². The fourth-order valence-electron chi connectivity index (χ4n) is 4.10. The summed E-state index contributed by atoms with van der Waals surface area (Å²) in [6, 6.07) is 22.2. The van der Waals surface area contributed by atoms with Gasteiger partial charge < -0.3 is 15.5 Å². The molecule has 0 bridgehead atoms. The quantitative estimate of drug-likeness (QED) is 0.325. The van der Waals surface area contributed by atoms with Gasteiger partial charge >= 0.3 is 0 Å². The van der Waals surface area contributed by atoms with Gasteiger partial charge in [0.15, 0.2) is 0 Å². The summed E-state index contributed by atoms with van der Waals surface area (Å²) in [5.41, 5.74) is 10.3. The maximum atomic E-state index is 9.48. The summed E-state index contributed by atoms with van der Waals surface area (Å²) in [6.07, 6.45) is 0.876. The third-order valence-electron chi connectivity index (χ3n) is 5.65. The largest absolute Gasteiger partial charge is 0.508 e. The summed E-state index contributed by atoms with van der Waals surface area (Å²) in [5.74, 6) is 0.273. The lowest BCUT2D eigenvalue weighted by molar-refractivity contribution is 0.292. The fourth-order valence-corrected chi connectivity index (χ4v) is 4.10. The molecule has 4 N–H and O–H groups in total. The molecule has 0 spiro atoms. The number of hydrogen-bond acceptors (Lipinski definition) is 4. The van der Waals surface area contributed by atoms with Crippen LogP contribution < -0.4 is 5.32 Å². The summed E-state index contributed by atoms with van der Waals surface area (Å²) in [6.45, 7) is 1.48. The van der Waals surface area contributed by atoms with Crippen LogP contribution in [-0.2, 0) is 13.0 Å². The van der Waals surface area contributed by atoms with E-state index in [0.717, 1.165) is 41.0 Å². The van der Waals surface area contributed by atoms with Crippen molar-refractivity contribution in [3.05, 3.63) is 83.4 Å². The number of H-pyrrole nitrogens is 1. The van der Waals surface area contributed by atoms with E-state index in [0.29, 0.717) is 6.54 Å². The van der Waals surface area contributed by atoms with Crippen LogP contribution in [0.4, 0.5) is 0 Å². The van der Waals surface area contributed by atoms with Crippen LogP contribution in [0.25, 0.3) is 33.6 Å². The third kappa shape index (κ3) is 3.38. The van der Waals surface area contributed by atoms with E-state index < -0.39 is 0 Å². The van der Waals surface area contributed by atoms with Crippen molar-refractivity contribution in [2.45, 2.75) is 13.0 Å². The summed E-state index contributed by atoms with van der Waals surface area (Å²) in [4.78, 5) is 0. The number of hydrogen-bond donors (Lipinski definition) is 4. The zero-order valence-electron chi connectivity index (χ0n) is 16.5. The van der Waals surface area contributed by atoms with E-state index >= 15 is 0 Å². The predicted octanol–water partition coefficient (Wildman–Crippen LogP) is 4.10. The minimum atomic E-state index is 0.143. The van der Waals surface area contributed by atoms with Gasteiger partial charge in [-0.25, -0.2) is 0 Å². The van der Waals surface area contributed by atoms with Gasteiger partial charge in [-0.2, -0.15) is 5.10 Å². The number of aromatic amines is 1. The van der Waals surface area contributed by atoms with Gasteiger partial charge in [0.2, 0.25) is 0 Å². The smallest absolute Gasteiger partial charge is 0.115 e. The molecule has 5 rings (SSSR count). The lowest BCUT2D eigenvalue weighted by Gasteiger charge is -2.06. The van der Waals surface area contributed by atoms with E-state index in [9.17, 15) is 5.11 Å². The number of aromatic hydroxyl groups is 1. The minimum absolute atomic E-state index is 0.143. The molecular formula is C25H23N3O2. The molecule has 0 saturated carbocycles. The highest BCUT2D eigenvalue weighted by molar-refractivity contribution is 5.82. The van der Waals surface area contributed by atoms with E-state index in [-0.39, 0.29) is 12.4 Å². The molecule has 5 nitrogen and oxygen atoms in total. The Morgan fingerprint density at radius 1 is 0.900 bits per heavy atom. The number of aromatic nitrogens is 2. The Morgan fingerprint density at radius 3 is 2.33 bits per heavy atom. The number of phenolic OH excluding ortho intramolecular Hbond substituents is 1. The maximum absolute atomic E-state index is 9.48. The maximum Gasteiger partial charge on any atom is 0.115 e. The van der Waals surface area contributed by atoms with Crippen LogP contribution in [0.1, 0.15) is 16.7 Å². The zero-order valence-corrected chi connectivity index (χ0v) is 16.5. The summed E-state index contributed by atoms with van der Waals surface area (Å²) < 4.78 is 0. The van der Waals surface area contributed by atoms with Gasteiger partial charge in [0.05, 0.1) is 18.0 Å². The van der Waals surface area contributed by atoms with Gasteiger partial charge in [-0.15, -0.1) is 0 Å². The van der Waals surface area contributed by atoms with Crippen molar-refractivity contribution in [3.8, 4) is 39.4 Å². The highest BCUT2D eigenvalue weighted by Gasteiger charge is 2.25. The van der Waals surface area contributed by atoms with Crippen molar-refractivity contribution in [2.24, 2.45) is 0 Å². The number of fused-ring (bicyclic) bond motifs is 3. The van der Waals surface area contributed by atoms with Gasteiger partial charge in [0.1, 0.15) is 5.75 Å². The minimum Gasteiger partial charge on any atom is -0.508 e. The van der Waals surface area contributed by atoms with Crippen molar-refractivity contribution >= 4 is 0 Å². The molecule has 5 heteroatoms. The number of rotatable bonds is 6. The number of nitrogens with one attached hydrogen (secondary N) is 2. The molecule has 0 amide bonds. The van der Waals surface area contributed by atoms with E-state index in [1.165, 1.54) is 22.3 Å². The van der Waals surface area contributed by atoms with Gasteiger partial charge in [0.25, 0.3) is 0 Å². The molecule has 1 aliphatic rings. The molecule has 150 valence electrons. The Bertz CT molecular complexity index is 1180. The normalized spacial score (nSPS) is 12.0. The topological polar surface area (TPSA) is 81.2 Å². The van der Waals surface area contributed by atoms with Crippen LogP contribution in [0.15, 0.2) is 66.7 Å². The molecule has 0 atom stereocenters. The molecule has 4 aromatic rings. The molecule has 1 aliphatic carbocycles. The fraction of sp³-hybridized carbons (Fsp3) is 0.160. The molecule has 30 heavy (non-hydrogen) atoms. The van der Waals surface area contributed by atoms with E-state index in [1.54, 1.807) is 12.1 Å². The first-order valence-corrected chi connectivity index (χ1v) is 10.1. The van der Waals surface area contributed by atoms with Crippen molar-refractivity contribution in [1.29, 1.82) is 0 Å². The molecule has 0 saturated heterocycles. The van der Waals surface area contributed by atoms with Crippen LogP contribution in [-0.4, -0.2) is 33.6 Å². The first-order chi connectivity index (χ1) is 14.7. The van der Waals surface area contributed by atoms with Gasteiger partial charge in [-0.05, 0) is 40.5 Å². The molecule has 0 aliphatic heterocycles. The summed E-state index contributed by atoms with van der Waals surface area (Å²) >= 11 is 0. The molecule has 1 heterocycles. The lowest BCUT2D eigenvalue weighted by Crippen LogP contribution is -2.17. The second-order valence-electron chi connectivity index (χ2n) is 7.62. The van der Waals surface area contributed by atoms with Gasteiger partial charge in [0, 0.05) is 36.2 Å². The second-order valence-corrected chi connectivity index (χ2v) is 7.62. The van der Waals surface area contributed by atoms with Crippen LogP contribution in [0.2, 0.25) is 0 Å². The monoisotopic (exact) mass is 397 g/mol. The Hall–Kier alpha value is -3.41. The van der Waals surface area contributed by atoms with Crippen LogP contribution in [0, 0.1) is 0 Å². The number of nitrogens with zero attached hydrogens (tertiary/aromatic N) is 1. The van der Waals surface area contributed by atoms with Crippen LogP contribution in [0.3, 0.4) is 0 Å². The summed E-state index contributed by atoms with van der Waals surface area (Å²) in [7, 11) is 0.